The van der Waals surface area contributed by atoms with Crippen molar-refractivity contribution in [1.82, 2.24) is 15.0 Å². The van der Waals surface area contributed by atoms with Crippen LogP contribution in [0.1, 0.15) is 11.1 Å². The van der Waals surface area contributed by atoms with E-state index in [0.29, 0.717) is 55.6 Å². The molecule has 1 saturated heterocycles. The minimum atomic E-state index is 0.324. The highest BCUT2D eigenvalue weighted by atomic mass is 16.5. The van der Waals surface area contributed by atoms with E-state index in [1.165, 1.54) is 5.56 Å². The highest BCUT2D eigenvalue weighted by Gasteiger charge is 2.17. The van der Waals surface area contributed by atoms with Gasteiger partial charge in [0.15, 0.2) is 0 Å². The third kappa shape index (κ3) is 5.86. The van der Waals surface area contributed by atoms with Gasteiger partial charge in [-0.2, -0.15) is 20.1 Å². The molecule has 10 nitrogen and oxygen atoms in total. The molecule has 0 unspecified atom stereocenters. The largest absolute Gasteiger partial charge is 0.497 e. The van der Waals surface area contributed by atoms with Gasteiger partial charge in [-0.25, -0.2) is 5.43 Å². The first-order valence-corrected chi connectivity index (χ1v) is 10.6. The Bertz CT molecular complexity index is 1100. The smallest absolute Gasteiger partial charge is 0.250 e. The van der Waals surface area contributed by atoms with Gasteiger partial charge in [0.25, 0.3) is 0 Å². The average molecular weight is 450 g/mol. The topological polar surface area (TPSA) is 106 Å². The summed E-state index contributed by atoms with van der Waals surface area (Å²) in [5.74, 6) is 2.66. The third-order valence-corrected chi connectivity index (χ3v) is 5.03. The van der Waals surface area contributed by atoms with Crippen LogP contribution >= 0.6 is 0 Å². The first kappa shape index (κ1) is 22.3. The van der Waals surface area contributed by atoms with E-state index in [1.54, 1.807) is 26.5 Å². The van der Waals surface area contributed by atoms with Crippen LogP contribution in [0.5, 0.6) is 11.5 Å². The number of methoxy groups -OCH3 is 2. The van der Waals surface area contributed by atoms with Gasteiger partial charge in [0.2, 0.25) is 17.8 Å². The second-order valence-corrected chi connectivity index (χ2v) is 7.35. The molecule has 0 spiro atoms. The maximum Gasteiger partial charge on any atom is 0.250 e. The Balaban J connectivity index is 1.57. The van der Waals surface area contributed by atoms with Crippen LogP contribution in [-0.2, 0) is 4.74 Å². The number of hydrogen-bond donors (Lipinski definition) is 2. The SMILES string of the molecule is COc1ccc(/C=N/Nc2nc(Nc3ccc(C)cc3)nc(N3CCOCC3)n2)c(OC)c1. The summed E-state index contributed by atoms with van der Waals surface area (Å²) in [5, 5.41) is 7.55. The van der Waals surface area contributed by atoms with Crippen LogP contribution in [-0.4, -0.2) is 61.7 Å². The fourth-order valence-electron chi connectivity index (χ4n) is 3.23. The van der Waals surface area contributed by atoms with Crippen molar-refractivity contribution in [3.8, 4) is 11.5 Å². The molecule has 172 valence electrons. The lowest BCUT2D eigenvalue weighted by molar-refractivity contribution is 0.122. The highest BCUT2D eigenvalue weighted by molar-refractivity contribution is 5.84. The van der Waals surface area contributed by atoms with Crippen molar-refractivity contribution >= 4 is 29.7 Å². The first-order chi connectivity index (χ1) is 16.1. The van der Waals surface area contributed by atoms with Crippen molar-refractivity contribution in [3.05, 3.63) is 53.6 Å². The molecular formula is C23H27N7O3. The lowest BCUT2D eigenvalue weighted by atomic mass is 10.2. The summed E-state index contributed by atoms with van der Waals surface area (Å²) >= 11 is 0. The van der Waals surface area contributed by atoms with E-state index in [-0.39, 0.29) is 0 Å². The van der Waals surface area contributed by atoms with Gasteiger partial charge in [-0.15, -0.1) is 0 Å². The summed E-state index contributed by atoms with van der Waals surface area (Å²) in [6.07, 6.45) is 1.64. The normalized spacial score (nSPS) is 13.7. The summed E-state index contributed by atoms with van der Waals surface area (Å²) in [7, 11) is 3.21. The summed E-state index contributed by atoms with van der Waals surface area (Å²) in [4.78, 5) is 15.7. The molecule has 0 aliphatic carbocycles. The van der Waals surface area contributed by atoms with Gasteiger partial charge in [0.1, 0.15) is 11.5 Å². The van der Waals surface area contributed by atoms with Crippen LogP contribution in [0.25, 0.3) is 0 Å². The van der Waals surface area contributed by atoms with Gasteiger partial charge in [0, 0.05) is 30.4 Å². The second-order valence-electron chi connectivity index (χ2n) is 7.35. The van der Waals surface area contributed by atoms with Crippen molar-refractivity contribution < 1.29 is 14.2 Å². The summed E-state index contributed by atoms with van der Waals surface area (Å²) < 4.78 is 16.1. The molecule has 0 saturated carbocycles. The van der Waals surface area contributed by atoms with Gasteiger partial charge >= 0.3 is 0 Å². The molecule has 0 radical (unpaired) electrons. The number of hydrazone groups is 1. The molecule has 33 heavy (non-hydrogen) atoms. The number of ether oxygens (including phenoxy) is 3. The van der Waals surface area contributed by atoms with Gasteiger partial charge in [-0.1, -0.05) is 17.7 Å². The molecule has 1 aromatic heterocycles. The number of aryl methyl sites for hydroxylation is 1. The summed E-state index contributed by atoms with van der Waals surface area (Å²) in [5.41, 5.74) is 5.76. The number of nitrogens with one attached hydrogen (secondary N) is 2. The minimum Gasteiger partial charge on any atom is -0.497 e. The van der Waals surface area contributed by atoms with E-state index in [4.69, 9.17) is 14.2 Å². The maximum atomic E-state index is 5.45. The summed E-state index contributed by atoms with van der Waals surface area (Å²) in [6.45, 7) is 4.72. The molecule has 3 aromatic rings. The zero-order chi connectivity index (χ0) is 23.0. The molecule has 2 N–H and O–H groups in total. The fourth-order valence-corrected chi connectivity index (χ4v) is 3.23. The van der Waals surface area contributed by atoms with Crippen LogP contribution in [0.15, 0.2) is 47.6 Å². The molecule has 0 atom stereocenters. The van der Waals surface area contributed by atoms with E-state index in [9.17, 15) is 0 Å². The van der Waals surface area contributed by atoms with Crippen LogP contribution in [0.2, 0.25) is 0 Å². The lowest BCUT2D eigenvalue weighted by Crippen LogP contribution is -2.37. The Labute approximate surface area is 192 Å². The van der Waals surface area contributed by atoms with E-state index in [0.717, 1.165) is 11.3 Å². The Morgan fingerprint density at radius 3 is 2.45 bits per heavy atom. The Morgan fingerprint density at radius 1 is 0.970 bits per heavy atom. The number of rotatable bonds is 8. The van der Waals surface area contributed by atoms with Crippen molar-refractivity contribution in [1.29, 1.82) is 0 Å². The number of nitrogens with zero attached hydrogens (tertiary/aromatic N) is 5. The Morgan fingerprint density at radius 2 is 1.73 bits per heavy atom. The average Bonchev–Trinajstić information content (AvgIpc) is 2.86. The molecule has 1 aliphatic heterocycles. The molecule has 10 heteroatoms. The molecule has 1 fully saturated rings. The zero-order valence-electron chi connectivity index (χ0n) is 18.9. The number of aromatic nitrogens is 3. The molecular weight excluding hydrogens is 422 g/mol. The molecule has 1 aliphatic rings. The first-order valence-electron chi connectivity index (χ1n) is 10.6. The second kappa shape index (κ2) is 10.6. The van der Waals surface area contributed by atoms with Crippen molar-refractivity contribution in [2.75, 3.05) is 56.2 Å². The highest BCUT2D eigenvalue weighted by Crippen LogP contribution is 2.23. The lowest BCUT2D eigenvalue weighted by Gasteiger charge is -2.27. The van der Waals surface area contributed by atoms with Crippen molar-refractivity contribution in [3.63, 3.8) is 0 Å². The van der Waals surface area contributed by atoms with Crippen LogP contribution in [0.3, 0.4) is 0 Å². The van der Waals surface area contributed by atoms with E-state index in [1.807, 2.05) is 43.3 Å². The number of benzene rings is 2. The number of morpholine rings is 1. The van der Waals surface area contributed by atoms with Crippen molar-refractivity contribution in [2.24, 2.45) is 5.10 Å². The van der Waals surface area contributed by atoms with Gasteiger partial charge in [-0.05, 0) is 31.2 Å². The molecule has 2 aromatic carbocycles. The Kier molecular flexibility index (Phi) is 7.16. The van der Waals surface area contributed by atoms with Crippen LogP contribution in [0.4, 0.5) is 23.5 Å². The van der Waals surface area contributed by atoms with E-state index < -0.39 is 0 Å². The van der Waals surface area contributed by atoms with E-state index in [2.05, 4.69) is 35.7 Å². The van der Waals surface area contributed by atoms with E-state index >= 15 is 0 Å². The van der Waals surface area contributed by atoms with Gasteiger partial charge < -0.3 is 24.4 Å². The number of anilines is 4. The van der Waals surface area contributed by atoms with Gasteiger partial charge in [-0.3, -0.25) is 0 Å². The third-order valence-electron chi connectivity index (χ3n) is 5.03. The Hall–Kier alpha value is -3.92. The number of hydrogen-bond acceptors (Lipinski definition) is 10. The standard InChI is InChI=1S/C23H27N7O3/c1-16-4-7-18(8-5-16)25-21-26-22(28-23(27-21)30-10-12-33-13-11-30)29-24-15-17-6-9-19(31-2)14-20(17)32-3/h4-9,14-15H,10-13H2,1-3H3,(H2,25,26,27,28,29)/b24-15+. The quantitative estimate of drug-likeness (QED) is 0.396. The fraction of sp³-hybridized carbons (Fsp3) is 0.304. The van der Waals surface area contributed by atoms with Crippen molar-refractivity contribution in [2.45, 2.75) is 6.92 Å². The van der Waals surface area contributed by atoms with Crippen LogP contribution in [0, 0.1) is 6.92 Å². The summed E-state index contributed by atoms with van der Waals surface area (Å²) in [6, 6.07) is 13.5. The van der Waals surface area contributed by atoms with Crippen LogP contribution < -0.4 is 25.1 Å². The van der Waals surface area contributed by atoms with Gasteiger partial charge in [0.05, 0.1) is 33.6 Å². The maximum absolute atomic E-state index is 5.45. The molecule has 0 amide bonds. The molecule has 2 heterocycles. The zero-order valence-corrected chi connectivity index (χ0v) is 18.9. The molecule has 4 rings (SSSR count). The minimum absolute atomic E-state index is 0.324. The molecule has 0 bridgehead atoms. The monoisotopic (exact) mass is 449 g/mol. The predicted molar refractivity (Wildman–Crippen MR) is 128 cm³/mol. The predicted octanol–water partition coefficient (Wildman–Crippen LogP) is 3.22.